The summed E-state index contributed by atoms with van der Waals surface area (Å²) in [5.74, 6) is 0.697. The molecule has 1 rings (SSSR count). The molecule has 0 bridgehead atoms. The molecule has 0 saturated carbocycles. The summed E-state index contributed by atoms with van der Waals surface area (Å²) in [4.78, 5) is 0. The molecule has 4 heteroatoms. The molecule has 0 amide bonds. The lowest BCUT2D eigenvalue weighted by atomic mass is 10.0. The zero-order valence-electron chi connectivity index (χ0n) is 8.03. The van der Waals surface area contributed by atoms with Crippen LogP contribution < -0.4 is 16.2 Å². The molecule has 0 aromatic heterocycles. The highest BCUT2D eigenvalue weighted by molar-refractivity contribution is 5.52. The Balaban J connectivity index is 3.00. The van der Waals surface area contributed by atoms with E-state index in [1.165, 1.54) is 0 Å². The van der Waals surface area contributed by atoms with Crippen molar-refractivity contribution in [3.63, 3.8) is 0 Å². The van der Waals surface area contributed by atoms with Gasteiger partial charge < -0.3 is 16.2 Å². The van der Waals surface area contributed by atoms with Crippen molar-refractivity contribution >= 4 is 5.69 Å². The Morgan fingerprint density at radius 3 is 2.86 bits per heavy atom. The molecule has 1 aromatic rings. The number of anilines is 1. The fraction of sp³-hybridized carbons (Fsp3) is 0.300. The standard InChI is InChI=1S/C10H13N3O/c1-14-7-2-3-9(12)8(6-7)10(13)4-5-11/h2-3,6,10H,4,12-13H2,1H3/t10-/m1/s1. The lowest BCUT2D eigenvalue weighted by molar-refractivity contribution is 0.414. The van der Waals surface area contributed by atoms with Crippen molar-refractivity contribution in [3.05, 3.63) is 23.8 Å². The second-order valence-corrected chi connectivity index (χ2v) is 2.96. The first-order valence-corrected chi connectivity index (χ1v) is 4.25. The molecule has 0 aliphatic carbocycles. The lowest BCUT2D eigenvalue weighted by Gasteiger charge is -2.12. The van der Waals surface area contributed by atoms with Gasteiger partial charge in [-0.05, 0) is 23.8 Å². The van der Waals surface area contributed by atoms with Crippen LogP contribution in [0.2, 0.25) is 0 Å². The largest absolute Gasteiger partial charge is 0.497 e. The highest BCUT2D eigenvalue weighted by Crippen LogP contribution is 2.25. The van der Waals surface area contributed by atoms with Crippen LogP contribution in [0.25, 0.3) is 0 Å². The average molecular weight is 191 g/mol. The molecule has 14 heavy (non-hydrogen) atoms. The number of rotatable bonds is 3. The first-order valence-electron chi connectivity index (χ1n) is 4.25. The lowest BCUT2D eigenvalue weighted by Crippen LogP contribution is -2.11. The number of methoxy groups -OCH3 is 1. The molecule has 74 valence electrons. The maximum absolute atomic E-state index is 8.51. The van der Waals surface area contributed by atoms with Crippen LogP contribution in [0.5, 0.6) is 5.75 Å². The van der Waals surface area contributed by atoms with Gasteiger partial charge in [0, 0.05) is 11.7 Å². The third-order valence-corrected chi connectivity index (χ3v) is 2.00. The number of nitrogens with two attached hydrogens (primary N) is 2. The number of nitriles is 1. The van der Waals surface area contributed by atoms with E-state index in [1.807, 2.05) is 6.07 Å². The monoisotopic (exact) mass is 191 g/mol. The Kier molecular flexibility index (Phi) is 3.32. The highest BCUT2D eigenvalue weighted by Gasteiger charge is 2.09. The minimum Gasteiger partial charge on any atom is -0.497 e. The van der Waals surface area contributed by atoms with Crippen LogP contribution in [0.3, 0.4) is 0 Å². The van der Waals surface area contributed by atoms with Gasteiger partial charge in [0.25, 0.3) is 0 Å². The molecule has 0 aliphatic rings. The summed E-state index contributed by atoms with van der Waals surface area (Å²) in [6.45, 7) is 0. The minimum absolute atomic E-state index is 0.247. The van der Waals surface area contributed by atoms with Crippen molar-refractivity contribution in [2.75, 3.05) is 12.8 Å². The number of nitrogens with zero attached hydrogens (tertiary/aromatic N) is 1. The Hall–Kier alpha value is -1.73. The van der Waals surface area contributed by atoms with Crippen LogP contribution in [-0.4, -0.2) is 7.11 Å². The predicted molar refractivity (Wildman–Crippen MR) is 54.6 cm³/mol. The maximum atomic E-state index is 8.51. The molecule has 1 atom stereocenters. The van der Waals surface area contributed by atoms with Gasteiger partial charge in [0.1, 0.15) is 5.75 Å². The molecule has 0 saturated heterocycles. The summed E-state index contributed by atoms with van der Waals surface area (Å²) in [5, 5.41) is 8.51. The van der Waals surface area contributed by atoms with Gasteiger partial charge in [0.2, 0.25) is 0 Å². The van der Waals surface area contributed by atoms with E-state index in [9.17, 15) is 0 Å². The Labute approximate surface area is 83.1 Å². The van der Waals surface area contributed by atoms with Crippen molar-refractivity contribution < 1.29 is 4.74 Å². The first kappa shape index (κ1) is 10.4. The predicted octanol–water partition coefficient (Wildman–Crippen LogP) is 1.19. The molecule has 4 N–H and O–H groups in total. The molecule has 0 spiro atoms. The van der Waals surface area contributed by atoms with E-state index in [-0.39, 0.29) is 12.5 Å². The van der Waals surface area contributed by atoms with Gasteiger partial charge in [0.05, 0.1) is 19.6 Å². The zero-order chi connectivity index (χ0) is 10.6. The van der Waals surface area contributed by atoms with E-state index in [2.05, 4.69) is 0 Å². The van der Waals surface area contributed by atoms with E-state index >= 15 is 0 Å². The van der Waals surface area contributed by atoms with E-state index in [1.54, 1.807) is 25.3 Å². The second-order valence-electron chi connectivity index (χ2n) is 2.96. The molecule has 0 unspecified atom stereocenters. The third-order valence-electron chi connectivity index (χ3n) is 2.00. The Morgan fingerprint density at radius 2 is 2.29 bits per heavy atom. The zero-order valence-corrected chi connectivity index (χ0v) is 8.03. The van der Waals surface area contributed by atoms with Crippen molar-refractivity contribution in [3.8, 4) is 11.8 Å². The number of hydrogen-bond donors (Lipinski definition) is 2. The number of nitrogen functional groups attached to an aromatic ring is 1. The summed E-state index contributed by atoms with van der Waals surface area (Å²) < 4.78 is 5.04. The smallest absolute Gasteiger partial charge is 0.119 e. The average Bonchev–Trinajstić information content (AvgIpc) is 2.19. The number of ether oxygens (including phenoxy) is 1. The quantitative estimate of drug-likeness (QED) is 0.703. The second kappa shape index (κ2) is 4.49. The third kappa shape index (κ3) is 2.15. The Morgan fingerprint density at radius 1 is 1.57 bits per heavy atom. The summed E-state index contributed by atoms with van der Waals surface area (Å²) in [7, 11) is 1.57. The van der Waals surface area contributed by atoms with Crippen molar-refractivity contribution in [1.82, 2.24) is 0 Å². The van der Waals surface area contributed by atoms with Gasteiger partial charge in [-0.15, -0.1) is 0 Å². The van der Waals surface area contributed by atoms with Crippen LogP contribution in [-0.2, 0) is 0 Å². The number of hydrogen-bond acceptors (Lipinski definition) is 4. The van der Waals surface area contributed by atoms with Gasteiger partial charge in [-0.2, -0.15) is 5.26 Å². The van der Waals surface area contributed by atoms with Crippen LogP contribution in [0.4, 0.5) is 5.69 Å². The fourth-order valence-corrected chi connectivity index (χ4v) is 1.21. The number of benzene rings is 1. The van der Waals surface area contributed by atoms with Gasteiger partial charge in [-0.3, -0.25) is 0 Å². The van der Waals surface area contributed by atoms with Crippen LogP contribution >= 0.6 is 0 Å². The molecule has 0 radical (unpaired) electrons. The van der Waals surface area contributed by atoms with Crippen molar-refractivity contribution in [2.45, 2.75) is 12.5 Å². The topological polar surface area (TPSA) is 85.1 Å². The van der Waals surface area contributed by atoms with E-state index in [0.717, 1.165) is 5.56 Å². The van der Waals surface area contributed by atoms with Crippen molar-refractivity contribution in [2.24, 2.45) is 5.73 Å². The molecule has 0 heterocycles. The van der Waals surface area contributed by atoms with E-state index in [4.69, 9.17) is 21.5 Å². The molecule has 4 nitrogen and oxygen atoms in total. The summed E-state index contributed by atoms with van der Waals surface area (Å²) in [6, 6.07) is 6.91. The molecule has 0 aliphatic heterocycles. The highest BCUT2D eigenvalue weighted by atomic mass is 16.5. The molecular weight excluding hydrogens is 178 g/mol. The summed E-state index contributed by atoms with van der Waals surface area (Å²) in [5.41, 5.74) is 12.8. The molecule has 1 aromatic carbocycles. The van der Waals surface area contributed by atoms with Gasteiger partial charge >= 0.3 is 0 Å². The minimum atomic E-state index is -0.352. The molecular formula is C10H13N3O. The van der Waals surface area contributed by atoms with Crippen LogP contribution in [0.15, 0.2) is 18.2 Å². The Bertz CT molecular complexity index is 357. The fourth-order valence-electron chi connectivity index (χ4n) is 1.21. The van der Waals surface area contributed by atoms with Gasteiger partial charge in [-0.25, -0.2) is 0 Å². The van der Waals surface area contributed by atoms with Crippen molar-refractivity contribution in [1.29, 1.82) is 5.26 Å². The van der Waals surface area contributed by atoms with Crippen LogP contribution in [0.1, 0.15) is 18.0 Å². The van der Waals surface area contributed by atoms with Gasteiger partial charge in [0.15, 0.2) is 0 Å². The van der Waals surface area contributed by atoms with E-state index < -0.39 is 0 Å². The first-order chi connectivity index (χ1) is 6.69. The summed E-state index contributed by atoms with van der Waals surface area (Å²) >= 11 is 0. The van der Waals surface area contributed by atoms with E-state index in [0.29, 0.717) is 11.4 Å². The molecule has 0 fully saturated rings. The normalized spacial score (nSPS) is 11.8. The SMILES string of the molecule is COc1ccc(N)c([C@H](N)CC#N)c1. The maximum Gasteiger partial charge on any atom is 0.119 e. The summed E-state index contributed by atoms with van der Waals surface area (Å²) in [6.07, 6.45) is 0.247. The van der Waals surface area contributed by atoms with Crippen LogP contribution in [0, 0.1) is 11.3 Å². The van der Waals surface area contributed by atoms with Gasteiger partial charge in [-0.1, -0.05) is 0 Å².